The lowest BCUT2D eigenvalue weighted by atomic mass is 10.3. The van der Waals surface area contributed by atoms with E-state index in [1.165, 1.54) is 14.1 Å². The van der Waals surface area contributed by atoms with Gasteiger partial charge in [-0.2, -0.15) is 0 Å². The number of rotatable bonds is 10. The molecule has 0 fully saturated rings. The van der Waals surface area contributed by atoms with Crippen LogP contribution in [0.4, 0.5) is 11.4 Å². The van der Waals surface area contributed by atoms with Gasteiger partial charge in [0.25, 0.3) is 11.4 Å². The standard InChI is InChI=1S/C17H18Cl2N4O8S2/c1-20(32(28,29)12-4-6-14(18)16(10-12)22(24)25)8-3-9-21(2)33(30,31)13-5-7-15(19)17(11-13)23(26)27/h4-7,10-11H,3,8-9H2,1-2H3. The van der Waals surface area contributed by atoms with Gasteiger partial charge in [-0.3, -0.25) is 20.2 Å². The molecular weight excluding hydrogens is 523 g/mol. The van der Waals surface area contributed by atoms with Crippen molar-refractivity contribution in [2.75, 3.05) is 27.2 Å². The summed E-state index contributed by atoms with van der Waals surface area (Å²) >= 11 is 11.4. The molecule has 0 saturated heterocycles. The highest BCUT2D eigenvalue weighted by Gasteiger charge is 2.27. The summed E-state index contributed by atoms with van der Waals surface area (Å²) in [5.41, 5.74) is -1.12. The van der Waals surface area contributed by atoms with E-state index in [0.717, 1.165) is 45.0 Å². The number of hydrogen-bond donors (Lipinski definition) is 0. The van der Waals surface area contributed by atoms with Crippen molar-refractivity contribution in [1.29, 1.82) is 0 Å². The van der Waals surface area contributed by atoms with Gasteiger partial charge >= 0.3 is 0 Å². The summed E-state index contributed by atoms with van der Waals surface area (Å²) in [5.74, 6) is 0. The van der Waals surface area contributed by atoms with Crippen molar-refractivity contribution < 1.29 is 26.7 Å². The predicted octanol–water partition coefficient (Wildman–Crippen LogP) is 3.14. The highest BCUT2D eigenvalue weighted by Crippen LogP contribution is 2.29. The Hall–Kier alpha value is -2.36. The number of nitrogens with zero attached hydrogens (tertiary/aromatic N) is 4. The molecule has 0 aromatic heterocycles. The first-order valence-corrected chi connectivity index (χ1v) is 12.6. The molecule has 0 bridgehead atoms. The minimum atomic E-state index is -4.10. The van der Waals surface area contributed by atoms with Crippen LogP contribution >= 0.6 is 23.2 Å². The van der Waals surface area contributed by atoms with Gasteiger partial charge in [-0.25, -0.2) is 25.4 Å². The minimum absolute atomic E-state index is 0.0663. The smallest absolute Gasteiger partial charge is 0.258 e. The van der Waals surface area contributed by atoms with E-state index < -0.39 is 41.3 Å². The van der Waals surface area contributed by atoms with Crippen LogP contribution in [0.15, 0.2) is 46.2 Å². The predicted molar refractivity (Wildman–Crippen MR) is 120 cm³/mol. The Balaban J connectivity index is 2.11. The average molecular weight is 541 g/mol. The Morgan fingerprint density at radius 3 is 1.39 bits per heavy atom. The highest BCUT2D eigenvalue weighted by molar-refractivity contribution is 7.89. The second-order valence-corrected chi connectivity index (χ2v) is 11.7. The van der Waals surface area contributed by atoms with Crippen molar-refractivity contribution in [2.45, 2.75) is 16.2 Å². The zero-order valence-corrected chi connectivity index (χ0v) is 20.4. The fourth-order valence-electron chi connectivity index (χ4n) is 2.70. The molecule has 0 aliphatic carbocycles. The van der Waals surface area contributed by atoms with Gasteiger partial charge in [-0.15, -0.1) is 0 Å². The van der Waals surface area contributed by atoms with Gasteiger partial charge in [-0.05, 0) is 30.7 Å². The minimum Gasteiger partial charge on any atom is -0.258 e. The van der Waals surface area contributed by atoms with E-state index in [0.29, 0.717) is 0 Å². The van der Waals surface area contributed by atoms with Crippen LogP contribution in [-0.4, -0.2) is 62.5 Å². The molecule has 0 heterocycles. The zero-order valence-electron chi connectivity index (χ0n) is 17.2. The number of sulfonamides is 2. The summed E-state index contributed by atoms with van der Waals surface area (Å²) in [6.07, 6.45) is 0.0663. The van der Waals surface area contributed by atoms with Crippen LogP contribution in [0.1, 0.15) is 6.42 Å². The topological polar surface area (TPSA) is 161 Å². The van der Waals surface area contributed by atoms with Crippen molar-refractivity contribution in [2.24, 2.45) is 0 Å². The molecule has 0 amide bonds. The molecule has 0 aliphatic heterocycles. The largest absolute Gasteiger partial charge is 0.289 e. The van der Waals surface area contributed by atoms with Crippen LogP contribution in [0.3, 0.4) is 0 Å². The zero-order chi connectivity index (χ0) is 25.1. The van der Waals surface area contributed by atoms with E-state index >= 15 is 0 Å². The molecule has 0 unspecified atom stereocenters. The van der Waals surface area contributed by atoms with Gasteiger partial charge in [0.15, 0.2) is 0 Å². The number of benzene rings is 2. The maximum atomic E-state index is 12.7. The number of hydrogen-bond acceptors (Lipinski definition) is 8. The molecule has 0 radical (unpaired) electrons. The lowest BCUT2D eigenvalue weighted by Gasteiger charge is -2.20. The van der Waals surface area contributed by atoms with E-state index in [4.69, 9.17) is 23.2 Å². The van der Waals surface area contributed by atoms with E-state index in [2.05, 4.69) is 0 Å². The van der Waals surface area contributed by atoms with Crippen molar-refractivity contribution in [3.63, 3.8) is 0 Å². The van der Waals surface area contributed by atoms with Crippen LogP contribution < -0.4 is 0 Å². The maximum absolute atomic E-state index is 12.7. The van der Waals surface area contributed by atoms with Crippen LogP contribution in [0.2, 0.25) is 10.0 Å². The van der Waals surface area contributed by atoms with Gasteiger partial charge in [-0.1, -0.05) is 23.2 Å². The molecule has 0 saturated carbocycles. The number of nitro benzene ring substituents is 2. The van der Waals surface area contributed by atoms with Crippen molar-refractivity contribution in [3.05, 3.63) is 66.7 Å². The van der Waals surface area contributed by atoms with E-state index in [9.17, 15) is 37.1 Å². The second kappa shape index (κ2) is 10.3. The summed E-state index contributed by atoms with van der Waals surface area (Å²) in [6, 6.07) is 6.16. The fourth-order valence-corrected chi connectivity index (χ4v) is 5.53. The summed E-state index contributed by atoms with van der Waals surface area (Å²) in [5, 5.41) is 21.6. The quantitative estimate of drug-likeness (QED) is 0.327. The van der Waals surface area contributed by atoms with E-state index in [-0.39, 0.29) is 39.3 Å². The third kappa shape index (κ3) is 5.96. The van der Waals surface area contributed by atoms with Crippen LogP contribution in [-0.2, 0) is 20.0 Å². The van der Waals surface area contributed by atoms with Gasteiger partial charge in [0.1, 0.15) is 10.0 Å². The molecule has 0 spiro atoms. The van der Waals surface area contributed by atoms with E-state index in [1.807, 2.05) is 0 Å². The van der Waals surface area contributed by atoms with Crippen molar-refractivity contribution in [3.8, 4) is 0 Å². The van der Waals surface area contributed by atoms with Crippen molar-refractivity contribution in [1.82, 2.24) is 8.61 Å². The molecule has 16 heteroatoms. The normalized spacial score (nSPS) is 12.3. The molecule has 2 aromatic rings. The van der Waals surface area contributed by atoms with Crippen LogP contribution in [0.5, 0.6) is 0 Å². The Morgan fingerprint density at radius 2 is 1.09 bits per heavy atom. The summed E-state index contributed by atoms with van der Waals surface area (Å²) in [4.78, 5) is 19.7. The average Bonchev–Trinajstić information content (AvgIpc) is 2.73. The summed E-state index contributed by atoms with van der Waals surface area (Å²) in [6.45, 7) is -0.223. The van der Waals surface area contributed by atoms with Gasteiger partial charge in [0, 0.05) is 39.3 Å². The lowest BCUT2D eigenvalue weighted by Crippen LogP contribution is -2.33. The summed E-state index contributed by atoms with van der Waals surface area (Å²) < 4.78 is 52.6. The number of halogens is 2. The van der Waals surface area contributed by atoms with Crippen LogP contribution in [0, 0.1) is 20.2 Å². The fraction of sp³-hybridized carbons (Fsp3) is 0.294. The first-order chi connectivity index (χ1) is 15.2. The Bertz CT molecular complexity index is 1200. The molecule has 12 nitrogen and oxygen atoms in total. The van der Waals surface area contributed by atoms with Gasteiger partial charge in [0.05, 0.1) is 19.6 Å². The monoisotopic (exact) mass is 540 g/mol. The van der Waals surface area contributed by atoms with E-state index in [1.54, 1.807) is 0 Å². The Labute approximate surface area is 199 Å². The third-order valence-corrected chi connectivity index (χ3v) is 8.94. The molecule has 2 aromatic carbocycles. The molecule has 0 N–H and O–H groups in total. The molecule has 2 rings (SSSR count). The molecule has 180 valence electrons. The molecule has 0 aliphatic rings. The highest BCUT2D eigenvalue weighted by atomic mass is 35.5. The number of nitro groups is 2. The Kier molecular flexibility index (Phi) is 8.37. The first kappa shape index (κ1) is 26.9. The maximum Gasteiger partial charge on any atom is 0.289 e. The third-order valence-electron chi connectivity index (χ3n) is 4.59. The van der Waals surface area contributed by atoms with Crippen molar-refractivity contribution >= 4 is 54.6 Å². The SMILES string of the molecule is CN(CCCN(C)S(=O)(=O)c1ccc(Cl)c([N+](=O)[O-])c1)S(=O)(=O)c1ccc(Cl)c([N+](=O)[O-])c1. The lowest BCUT2D eigenvalue weighted by molar-refractivity contribution is -0.385. The van der Waals surface area contributed by atoms with Gasteiger partial charge < -0.3 is 0 Å². The second-order valence-electron chi connectivity index (χ2n) is 6.75. The Morgan fingerprint density at radius 1 is 0.758 bits per heavy atom. The first-order valence-electron chi connectivity index (χ1n) is 9.00. The molecule has 33 heavy (non-hydrogen) atoms. The van der Waals surface area contributed by atoms with Gasteiger partial charge in [0.2, 0.25) is 20.0 Å². The molecular formula is C17H18Cl2N4O8S2. The summed E-state index contributed by atoms with van der Waals surface area (Å²) in [7, 11) is -5.72. The molecule has 0 atom stereocenters. The van der Waals surface area contributed by atoms with Crippen LogP contribution in [0.25, 0.3) is 0 Å².